The molecule has 33 heavy (non-hydrogen) atoms. The van der Waals surface area contributed by atoms with E-state index in [-0.39, 0.29) is 29.9 Å². The largest absolute Gasteiger partial charge is 0.351 e. The second kappa shape index (κ2) is 9.31. The van der Waals surface area contributed by atoms with Crippen LogP contribution in [0.4, 0.5) is 0 Å². The number of para-hydroxylation sites is 1. The third-order valence-corrected chi connectivity index (χ3v) is 7.66. The fraction of sp³-hybridized carbons (Fsp3) is 0.320. The maximum absolute atomic E-state index is 13.5. The van der Waals surface area contributed by atoms with Gasteiger partial charge in [0, 0.05) is 23.5 Å². The van der Waals surface area contributed by atoms with Gasteiger partial charge in [0.1, 0.15) is 0 Å². The lowest BCUT2D eigenvalue weighted by Crippen LogP contribution is -2.44. The Hall–Kier alpha value is -3.26. The fourth-order valence-corrected chi connectivity index (χ4v) is 5.75. The number of likely N-dealkylation sites (N-methyl/N-ethyl adjacent to an activating group) is 1. The molecule has 2 aromatic carbocycles. The Kier molecular flexibility index (Phi) is 6.47. The first kappa shape index (κ1) is 22.9. The van der Waals surface area contributed by atoms with E-state index in [1.54, 1.807) is 6.07 Å². The molecular weight excluding hydrogens is 438 g/mol. The number of hydrogen-bond donors (Lipinski definition) is 1. The Bertz CT molecular complexity index is 1300. The zero-order valence-electron chi connectivity index (χ0n) is 18.7. The monoisotopic (exact) mass is 465 g/mol. The molecule has 8 heteroatoms. The first-order valence-corrected chi connectivity index (χ1v) is 12.8. The second-order valence-corrected chi connectivity index (χ2v) is 10.7. The summed E-state index contributed by atoms with van der Waals surface area (Å²) in [7, 11) is -3.09. The fourth-order valence-electron chi connectivity index (χ4n) is 4.08. The summed E-state index contributed by atoms with van der Waals surface area (Å²) < 4.78 is 23.3. The van der Waals surface area contributed by atoms with Gasteiger partial charge in [-0.25, -0.2) is 13.4 Å². The average molecular weight is 466 g/mol. The molecule has 1 aliphatic rings. The molecule has 0 saturated carbocycles. The smallest absolute Gasteiger partial charge is 0.255 e. The molecule has 2 heterocycles. The minimum Gasteiger partial charge on any atom is -0.351 e. The maximum Gasteiger partial charge on any atom is 0.255 e. The van der Waals surface area contributed by atoms with E-state index in [1.807, 2.05) is 62.4 Å². The van der Waals surface area contributed by atoms with Crippen molar-refractivity contribution in [3.05, 3.63) is 65.7 Å². The Labute approximate surface area is 193 Å². The number of nitrogens with zero attached hydrogens (tertiary/aromatic N) is 2. The first-order chi connectivity index (χ1) is 15.8. The standard InChI is InChI=1S/C25H27N3O4S/c1-3-28(15-24(29)26-19-12-13-33(31,32)16-19)25(30)21-14-23(18-10-8-17(2)9-11-18)27-22-7-5-4-6-20(21)22/h4-11,14,19H,3,12-13,15-16H2,1-2H3,(H,26,29)/t19-/m1/s1. The van der Waals surface area contributed by atoms with Crippen molar-refractivity contribution in [2.75, 3.05) is 24.6 Å². The molecule has 1 atom stereocenters. The predicted octanol–water partition coefficient (Wildman–Crippen LogP) is 2.98. The van der Waals surface area contributed by atoms with Crippen LogP contribution >= 0.6 is 0 Å². The van der Waals surface area contributed by atoms with Gasteiger partial charge < -0.3 is 10.2 Å². The van der Waals surface area contributed by atoms with Gasteiger partial charge >= 0.3 is 0 Å². The Morgan fingerprint density at radius 3 is 2.52 bits per heavy atom. The molecule has 0 radical (unpaired) electrons. The van der Waals surface area contributed by atoms with Crippen LogP contribution in [-0.2, 0) is 14.6 Å². The molecule has 1 fully saturated rings. The first-order valence-electron chi connectivity index (χ1n) is 11.0. The zero-order valence-corrected chi connectivity index (χ0v) is 19.6. The van der Waals surface area contributed by atoms with Gasteiger partial charge in [-0.2, -0.15) is 0 Å². The topological polar surface area (TPSA) is 96.4 Å². The van der Waals surface area contributed by atoms with Crippen LogP contribution in [-0.4, -0.2) is 60.8 Å². The van der Waals surface area contributed by atoms with Crippen LogP contribution in [0.3, 0.4) is 0 Å². The number of nitrogens with one attached hydrogen (secondary N) is 1. The van der Waals surface area contributed by atoms with Gasteiger partial charge in [0.15, 0.2) is 9.84 Å². The summed E-state index contributed by atoms with van der Waals surface area (Å²) >= 11 is 0. The molecule has 2 amide bonds. The Balaban J connectivity index is 1.61. The average Bonchev–Trinajstić information content (AvgIpc) is 3.14. The van der Waals surface area contributed by atoms with E-state index in [1.165, 1.54) is 4.90 Å². The van der Waals surface area contributed by atoms with Crippen LogP contribution in [0.5, 0.6) is 0 Å². The summed E-state index contributed by atoms with van der Waals surface area (Å²) in [5, 5.41) is 3.48. The normalized spacial score (nSPS) is 17.1. The van der Waals surface area contributed by atoms with Gasteiger partial charge in [0.2, 0.25) is 5.91 Å². The van der Waals surface area contributed by atoms with E-state index < -0.39 is 15.9 Å². The van der Waals surface area contributed by atoms with Crippen molar-refractivity contribution in [1.29, 1.82) is 0 Å². The number of benzene rings is 2. The number of rotatable bonds is 6. The molecule has 1 aromatic heterocycles. The Morgan fingerprint density at radius 1 is 1.12 bits per heavy atom. The Morgan fingerprint density at radius 2 is 1.85 bits per heavy atom. The van der Waals surface area contributed by atoms with Gasteiger partial charge in [-0.1, -0.05) is 48.0 Å². The van der Waals surface area contributed by atoms with E-state index in [4.69, 9.17) is 4.98 Å². The molecule has 7 nitrogen and oxygen atoms in total. The number of hydrogen-bond acceptors (Lipinski definition) is 5. The van der Waals surface area contributed by atoms with E-state index in [0.29, 0.717) is 29.7 Å². The van der Waals surface area contributed by atoms with Crippen LogP contribution in [0.25, 0.3) is 22.2 Å². The van der Waals surface area contributed by atoms with Crippen molar-refractivity contribution in [1.82, 2.24) is 15.2 Å². The van der Waals surface area contributed by atoms with E-state index >= 15 is 0 Å². The quantitative estimate of drug-likeness (QED) is 0.604. The van der Waals surface area contributed by atoms with Gasteiger partial charge in [0.25, 0.3) is 5.91 Å². The summed E-state index contributed by atoms with van der Waals surface area (Å²) in [5.74, 6) is -0.588. The summed E-state index contributed by atoms with van der Waals surface area (Å²) in [4.78, 5) is 32.3. The van der Waals surface area contributed by atoms with Crippen LogP contribution in [0, 0.1) is 6.92 Å². The number of amides is 2. The number of sulfone groups is 1. The molecule has 4 rings (SSSR count). The number of aryl methyl sites for hydroxylation is 1. The molecule has 0 aliphatic carbocycles. The second-order valence-electron chi connectivity index (χ2n) is 8.43. The lowest BCUT2D eigenvalue weighted by atomic mass is 10.0. The van der Waals surface area contributed by atoms with Gasteiger partial charge in [-0.15, -0.1) is 0 Å². The SMILES string of the molecule is CCN(CC(=O)N[C@@H]1CCS(=O)(=O)C1)C(=O)c1cc(-c2ccc(C)cc2)nc2ccccc12. The highest BCUT2D eigenvalue weighted by molar-refractivity contribution is 7.91. The van der Waals surface area contributed by atoms with E-state index in [2.05, 4.69) is 5.32 Å². The predicted molar refractivity (Wildman–Crippen MR) is 129 cm³/mol. The van der Waals surface area contributed by atoms with Gasteiger partial charge in [0.05, 0.1) is 34.8 Å². The van der Waals surface area contributed by atoms with Gasteiger partial charge in [-0.05, 0) is 32.4 Å². The van der Waals surface area contributed by atoms with Gasteiger partial charge in [-0.3, -0.25) is 9.59 Å². The minimum atomic E-state index is -3.09. The van der Waals surface area contributed by atoms with Crippen molar-refractivity contribution in [2.24, 2.45) is 0 Å². The van der Waals surface area contributed by atoms with E-state index in [9.17, 15) is 18.0 Å². The van der Waals surface area contributed by atoms with Crippen LogP contribution in [0.1, 0.15) is 29.3 Å². The molecule has 172 valence electrons. The number of pyridine rings is 1. The minimum absolute atomic E-state index is 0.0479. The molecular formula is C25H27N3O4S. The van der Waals surface area contributed by atoms with E-state index in [0.717, 1.165) is 16.5 Å². The summed E-state index contributed by atoms with van der Waals surface area (Å²) in [6, 6.07) is 16.8. The van der Waals surface area contributed by atoms with Crippen LogP contribution < -0.4 is 5.32 Å². The van der Waals surface area contributed by atoms with Crippen molar-refractivity contribution >= 4 is 32.6 Å². The lowest BCUT2D eigenvalue weighted by molar-refractivity contribution is -0.122. The zero-order chi connectivity index (χ0) is 23.6. The summed E-state index contributed by atoms with van der Waals surface area (Å²) in [6.07, 6.45) is 0.406. The molecule has 0 spiro atoms. The third-order valence-electron chi connectivity index (χ3n) is 5.89. The highest BCUT2D eigenvalue weighted by Crippen LogP contribution is 2.26. The highest BCUT2D eigenvalue weighted by atomic mass is 32.2. The molecule has 0 unspecified atom stereocenters. The van der Waals surface area contributed by atoms with Crippen LogP contribution in [0.15, 0.2) is 54.6 Å². The lowest BCUT2D eigenvalue weighted by Gasteiger charge is -2.22. The summed E-state index contributed by atoms with van der Waals surface area (Å²) in [6.45, 7) is 4.03. The maximum atomic E-state index is 13.5. The third kappa shape index (κ3) is 5.22. The number of fused-ring (bicyclic) bond motifs is 1. The van der Waals surface area contributed by atoms with Crippen molar-refractivity contribution < 1.29 is 18.0 Å². The molecule has 1 aliphatic heterocycles. The highest BCUT2D eigenvalue weighted by Gasteiger charge is 2.30. The number of carbonyl (C=O) groups is 2. The van der Waals surface area contributed by atoms with Crippen molar-refractivity contribution in [2.45, 2.75) is 26.3 Å². The van der Waals surface area contributed by atoms with Crippen molar-refractivity contribution in [3.8, 4) is 11.3 Å². The number of aromatic nitrogens is 1. The summed E-state index contributed by atoms with van der Waals surface area (Å²) in [5.41, 5.74) is 3.91. The van der Waals surface area contributed by atoms with Crippen molar-refractivity contribution in [3.63, 3.8) is 0 Å². The number of carbonyl (C=O) groups excluding carboxylic acids is 2. The molecule has 1 N–H and O–H groups in total. The van der Waals surface area contributed by atoms with Crippen LogP contribution in [0.2, 0.25) is 0 Å². The molecule has 0 bridgehead atoms. The molecule has 3 aromatic rings. The molecule has 1 saturated heterocycles.